The van der Waals surface area contributed by atoms with Crippen molar-refractivity contribution in [3.63, 3.8) is 0 Å². The summed E-state index contributed by atoms with van der Waals surface area (Å²) < 4.78 is 6.02. The van der Waals surface area contributed by atoms with Gasteiger partial charge in [-0.05, 0) is 49.0 Å². The monoisotopic (exact) mass is 468 g/mol. The van der Waals surface area contributed by atoms with Gasteiger partial charge in [0.05, 0.1) is 6.10 Å². The minimum atomic E-state index is -1.93. The maximum absolute atomic E-state index is 10.2. The normalized spacial score (nSPS) is 12.4. The highest BCUT2D eigenvalue weighted by Crippen LogP contribution is 2.45. The van der Waals surface area contributed by atoms with Crippen LogP contribution in [0.3, 0.4) is 0 Å². The molecular formula is C32H25BO3. The summed E-state index contributed by atoms with van der Waals surface area (Å²) in [7, 11) is -1.93. The highest BCUT2D eigenvalue weighted by Gasteiger charge is 2.33. The third kappa shape index (κ3) is 4.06. The molecule has 1 atom stereocenters. The van der Waals surface area contributed by atoms with E-state index in [0.29, 0.717) is 0 Å². The van der Waals surface area contributed by atoms with Crippen LogP contribution in [-0.2, 0) is 4.65 Å². The number of hydrogen-bond donors (Lipinski definition) is 2. The van der Waals surface area contributed by atoms with E-state index in [1.54, 1.807) is 0 Å². The summed E-state index contributed by atoms with van der Waals surface area (Å²) in [6, 6.07) is 43.4. The molecule has 0 aliphatic heterocycles. The van der Waals surface area contributed by atoms with E-state index >= 15 is 0 Å². The molecule has 0 heterocycles. The molecule has 0 fully saturated rings. The Labute approximate surface area is 210 Å². The fourth-order valence-corrected chi connectivity index (χ4v) is 5.50. The molecule has 0 aromatic heterocycles. The average Bonchev–Trinajstić information content (AvgIpc) is 2.92. The summed E-state index contributed by atoms with van der Waals surface area (Å²) in [6.45, 7) is 0. The van der Waals surface area contributed by atoms with Gasteiger partial charge < -0.3 is 14.7 Å². The molecule has 0 amide bonds. The Morgan fingerprint density at radius 3 is 1.25 bits per heavy atom. The molecule has 0 saturated heterocycles. The number of rotatable bonds is 6. The molecule has 0 spiro atoms. The summed E-state index contributed by atoms with van der Waals surface area (Å²) in [4.78, 5) is 0. The van der Waals surface area contributed by atoms with Crippen molar-refractivity contribution in [2.24, 2.45) is 0 Å². The standard InChI is InChI=1S/C32H25BO3/c34-33(35)36-32(30-21-9-15-24-12-3-6-18-27(24)30)31(28-19-7-13-22-10-1-4-16-25(22)28)29-20-8-14-23-11-2-5-17-26(23)29/h1-21,31-32,34-35H. The van der Waals surface area contributed by atoms with Crippen molar-refractivity contribution in [2.45, 2.75) is 12.0 Å². The van der Waals surface area contributed by atoms with Crippen LogP contribution in [0.15, 0.2) is 127 Å². The second-order valence-corrected chi connectivity index (χ2v) is 9.07. The summed E-state index contributed by atoms with van der Waals surface area (Å²) in [5.41, 5.74) is 3.05. The summed E-state index contributed by atoms with van der Waals surface area (Å²) in [5.74, 6) is -0.310. The molecule has 6 rings (SSSR count). The third-order valence-electron chi connectivity index (χ3n) is 7.02. The van der Waals surface area contributed by atoms with Crippen molar-refractivity contribution in [3.05, 3.63) is 144 Å². The Hall–Kier alpha value is -3.96. The largest absolute Gasteiger partial charge is 0.634 e. The van der Waals surface area contributed by atoms with Gasteiger partial charge in [0.1, 0.15) is 0 Å². The smallest absolute Gasteiger partial charge is 0.402 e. The molecule has 0 radical (unpaired) electrons. The van der Waals surface area contributed by atoms with Crippen LogP contribution in [-0.4, -0.2) is 17.4 Å². The Kier molecular flexibility index (Phi) is 6.00. The van der Waals surface area contributed by atoms with E-state index in [1.165, 1.54) is 0 Å². The van der Waals surface area contributed by atoms with Crippen LogP contribution in [0.4, 0.5) is 0 Å². The molecule has 6 aromatic rings. The summed E-state index contributed by atoms with van der Waals surface area (Å²) in [6.07, 6.45) is -0.660. The van der Waals surface area contributed by atoms with E-state index in [9.17, 15) is 10.0 Å². The first-order valence-corrected chi connectivity index (χ1v) is 12.2. The van der Waals surface area contributed by atoms with Crippen molar-refractivity contribution in [1.82, 2.24) is 0 Å². The van der Waals surface area contributed by atoms with Crippen LogP contribution < -0.4 is 0 Å². The van der Waals surface area contributed by atoms with Crippen LogP contribution in [0.2, 0.25) is 0 Å². The van der Waals surface area contributed by atoms with Gasteiger partial charge in [-0.25, -0.2) is 0 Å². The molecule has 4 heteroatoms. The van der Waals surface area contributed by atoms with Gasteiger partial charge in [-0.1, -0.05) is 127 Å². The van der Waals surface area contributed by atoms with Crippen LogP contribution in [0.1, 0.15) is 28.7 Å². The second kappa shape index (κ2) is 9.59. The highest BCUT2D eigenvalue weighted by atomic mass is 16.6. The van der Waals surface area contributed by atoms with Gasteiger partial charge in [0.15, 0.2) is 0 Å². The summed E-state index contributed by atoms with van der Waals surface area (Å²) >= 11 is 0. The first-order valence-electron chi connectivity index (χ1n) is 12.2. The predicted octanol–water partition coefficient (Wildman–Crippen LogP) is 7.01. The van der Waals surface area contributed by atoms with E-state index < -0.39 is 13.4 Å². The fraction of sp³-hybridized carbons (Fsp3) is 0.0625. The molecule has 174 valence electrons. The number of fused-ring (bicyclic) bond motifs is 3. The van der Waals surface area contributed by atoms with E-state index in [-0.39, 0.29) is 5.92 Å². The van der Waals surface area contributed by atoms with Crippen molar-refractivity contribution in [3.8, 4) is 0 Å². The van der Waals surface area contributed by atoms with E-state index in [1.807, 2.05) is 48.5 Å². The third-order valence-corrected chi connectivity index (χ3v) is 7.02. The number of hydrogen-bond acceptors (Lipinski definition) is 3. The zero-order valence-electron chi connectivity index (χ0n) is 19.7. The Morgan fingerprint density at radius 1 is 0.444 bits per heavy atom. The van der Waals surface area contributed by atoms with Crippen LogP contribution in [0.25, 0.3) is 32.3 Å². The minimum Gasteiger partial charge on any atom is -0.402 e. The lowest BCUT2D eigenvalue weighted by molar-refractivity contribution is 0.108. The lowest BCUT2D eigenvalue weighted by Gasteiger charge is -2.31. The first-order chi connectivity index (χ1) is 17.7. The second-order valence-electron chi connectivity index (χ2n) is 9.07. The van der Waals surface area contributed by atoms with Gasteiger partial charge >= 0.3 is 7.32 Å². The molecule has 0 bridgehead atoms. The van der Waals surface area contributed by atoms with E-state index in [0.717, 1.165) is 49.0 Å². The van der Waals surface area contributed by atoms with Gasteiger partial charge in [-0.2, -0.15) is 0 Å². The van der Waals surface area contributed by atoms with Gasteiger partial charge in [-0.15, -0.1) is 0 Å². The maximum atomic E-state index is 10.2. The molecule has 1 unspecified atom stereocenters. The Balaban J connectivity index is 1.70. The van der Waals surface area contributed by atoms with Crippen molar-refractivity contribution in [1.29, 1.82) is 0 Å². The predicted molar refractivity (Wildman–Crippen MR) is 148 cm³/mol. The first kappa shape index (κ1) is 22.5. The molecular weight excluding hydrogens is 443 g/mol. The number of benzene rings is 6. The Bertz CT molecular complexity index is 1580. The topological polar surface area (TPSA) is 49.7 Å². The molecule has 0 aliphatic rings. The zero-order chi connectivity index (χ0) is 24.5. The zero-order valence-corrected chi connectivity index (χ0v) is 19.7. The van der Waals surface area contributed by atoms with Crippen molar-refractivity contribution >= 4 is 39.6 Å². The quantitative estimate of drug-likeness (QED) is 0.259. The van der Waals surface area contributed by atoms with Gasteiger partial charge in [0.2, 0.25) is 0 Å². The SMILES string of the molecule is OB(O)OC(c1cccc2ccccc12)C(c1cccc2ccccc12)c1cccc2ccccc12. The molecule has 3 nitrogen and oxygen atoms in total. The van der Waals surface area contributed by atoms with Gasteiger partial charge in [0.25, 0.3) is 0 Å². The molecule has 0 aliphatic carbocycles. The van der Waals surface area contributed by atoms with E-state index in [2.05, 4.69) is 78.9 Å². The maximum Gasteiger partial charge on any atom is 0.634 e. The van der Waals surface area contributed by atoms with Crippen molar-refractivity contribution in [2.75, 3.05) is 0 Å². The minimum absolute atomic E-state index is 0.310. The highest BCUT2D eigenvalue weighted by molar-refractivity contribution is 6.32. The van der Waals surface area contributed by atoms with Crippen LogP contribution >= 0.6 is 0 Å². The lowest BCUT2D eigenvalue weighted by Crippen LogP contribution is -2.26. The molecule has 6 aromatic carbocycles. The molecule has 0 saturated carbocycles. The Morgan fingerprint density at radius 2 is 0.806 bits per heavy atom. The fourth-order valence-electron chi connectivity index (χ4n) is 5.50. The summed E-state index contributed by atoms with van der Waals surface area (Å²) in [5, 5.41) is 26.9. The van der Waals surface area contributed by atoms with Crippen molar-refractivity contribution < 1.29 is 14.7 Å². The average molecular weight is 468 g/mol. The molecule has 2 N–H and O–H groups in total. The molecule has 36 heavy (non-hydrogen) atoms. The van der Waals surface area contributed by atoms with E-state index in [4.69, 9.17) is 4.65 Å². The van der Waals surface area contributed by atoms with Crippen LogP contribution in [0.5, 0.6) is 0 Å². The lowest BCUT2D eigenvalue weighted by atomic mass is 9.78. The van der Waals surface area contributed by atoms with Crippen LogP contribution in [0, 0.1) is 0 Å². The van der Waals surface area contributed by atoms with Gasteiger partial charge in [0, 0.05) is 5.92 Å². The van der Waals surface area contributed by atoms with Gasteiger partial charge in [-0.3, -0.25) is 0 Å².